The Morgan fingerprint density at radius 1 is 0.895 bits per heavy atom. The van der Waals surface area contributed by atoms with E-state index < -0.39 is 0 Å². The van der Waals surface area contributed by atoms with E-state index in [0.29, 0.717) is 45.7 Å². The summed E-state index contributed by atoms with van der Waals surface area (Å²) in [5, 5.41) is 3.28. The van der Waals surface area contributed by atoms with Gasteiger partial charge in [-0.25, -0.2) is 0 Å². The van der Waals surface area contributed by atoms with Crippen molar-refractivity contribution in [1.82, 2.24) is 5.32 Å². The minimum absolute atomic E-state index is 0.383. The SMILES string of the molecule is CC(C)NCCOCCOCCOCCOS(C)=S. The molecule has 0 radical (unpaired) electrons. The average molecular weight is 313 g/mol. The van der Waals surface area contributed by atoms with Gasteiger partial charge in [0.1, 0.15) is 0 Å². The van der Waals surface area contributed by atoms with Crippen molar-refractivity contribution in [2.45, 2.75) is 19.9 Å². The van der Waals surface area contributed by atoms with E-state index in [1.54, 1.807) is 0 Å². The van der Waals surface area contributed by atoms with Crippen LogP contribution in [0.25, 0.3) is 0 Å². The molecular formula is C12H27NO4S2. The first-order valence-electron chi connectivity index (χ1n) is 6.56. The van der Waals surface area contributed by atoms with Gasteiger partial charge in [0.15, 0.2) is 0 Å². The zero-order chi connectivity index (χ0) is 14.3. The summed E-state index contributed by atoms with van der Waals surface area (Å²) in [6.45, 7) is 9.33. The number of hydrogen-bond donors (Lipinski definition) is 1. The smallest absolute Gasteiger partial charge is 0.0850 e. The maximum atomic E-state index is 5.40. The number of ether oxygens (including phenoxy) is 3. The quantitative estimate of drug-likeness (QED) is 0.476. The van der Waals surface area contributed by atoms with Gasteiger partial charge < -0.3 is 23.7 Å². The largest absolute Gasteiger partial charge is 0.378 e. The highest BCUT2D eigenvalue weighted by Gasteiger charge is 1.94. The summed E-state index contributed by atoms with van der Waals surface area (Å²) in [7, 11) is -0.383. The fraction of sp³-hybridized carbons (Fsp3) is 1.00. The van der Waals surface area contributed by atoms with Crippen LogP contribution in [-0.2, 0) is 39.3 Å². The first-order valence-corrected chi connectivity index (χ1v) is 9.04. The van der Waals surface area contributed by atoms with Gasteiger partial charge in [0, 0.05) is 28.6 Å². The third-order valence-electron chi connectivity index (χ3n) is 2.02. The molecule has 0 saturated carbocycles. The van der Waals surface area contributed by atoms with Crippen molar-refractivity contribution in [2.24, 2.45) is 0 Å². The zero-order valence-electron chi connectivity index (χ0n) is 12.2. The molecule has 0 aliphatic heterocycles. The van der Waals surface area contributed by atoms with Crippen LogP contribution < -0.4 is 5.32 Å². The van der Waals surface area contributed by atoms with Crippen LogP contribution in [0, 0.1) is 0 Å². The summed E-state index contributed by atoms with van der Waals surface area (Å²) < 4.78 is 21.3. The van der Waals surface area contributed by atoms with E-state index in [4.69, 9.17) is 29.6 Å². The molecule has 0 aliphatic carbocycles. The van der Waals surface area contributed by atoms with Crippen LogP contribution in [0.3, 0.4) is 0 Å². The van der Waals surface area contributed by atoms with Crippen LogP contribution in [0.5, 0.6) is 0 Å². The normalized spacial score (nSPS) is 13.1. The summed E-state index contributed by atoms with van der Waals surface area (Å²) in [5.41, 5.74) is 0. The van der Waals surface area contributed by atoms with Gasteiger partial charge >= 0.3 is 0 Å². The Morgan fingerprint density at radius 3 is 1.84 bits per heavy atom. The minimum Gasteiger partial charge on any atom is -0.378 e. The minimum atomic E-state index is -0.383. The third kappa shape index (κ3) is 18.4. The lowest BCUT2D eigenvalue weighted by Crippen LogP contribution is -2.27. The lowest BCUT2D eigenvalue weighted by molar-refractivity contribution is 0.0107. The maximum absolute atomic E-state index is 5.40. The van der Waals surface area contributed by atoms with Crippen molar-refractivity contribution < 1.29 is 18.4 Å². The molecule has 0 aromatic heterocycles. The fourth-order valence-corrected chi connectivity index (χ4v) is 1.68. The van der Waals surface area contributed by atoms with E-state index >= 15 is 0 Å². The van der Waals surface area contributed by atoms with Gasteiger partial charge in [0.05, 0.1) is 46.2 Å². The molecular weight excluding hydrogens is 286 g/mol. The van der Waals surface area contributed by atoms with Crippen molar-refractivity contribution in [3.05, 3.63) is 0 Å². The molecule has 5 nitrogen and oxygen atoms in total. The van der Waals surface area contributed by atoms with Crippen molar-refractivity contribution in [2.75, 3.05) is 59.0 Å². The third-order valence-corrected chi connectivity index (χ3v) is 2.81. The second-order valence-corrected chi connectivity index (χ2v) is 6.62. The second-order valence-electron chi connectivity index (χ2n) is 4.17. The number of hydrogen-bond acceptors (Lipinski definition) is 6. The van der Waals surface area contributed by atoms with Crippen LogP contribution in [0.2, 0.25) is 0 Å². The van der Waals surface area contributed by atoms with E-state index in [1.807, 2.05) is 6.26 Å². The highest BCUT2D eigenvalue weighted by Crippen LogP contribution is 1.84. The van der Waals surface area contributed by atoms with Crippen LogP contribution in [0.4, 0.5) is 0 Å². The molecule has 19 heavy (non-hydrogen) atoms. The Kier molecular flexibility index (Phi) is 15.1. The molecule has 0 heterocycles. The number of nitrogens with one attached hydrogen (secondary N) is 1. The Labute approximate surface area is 124 Å². The second kappa shape index (κ2) is 14.8. The molecule has 0 aromatic carbocycles. The molecule has 0 aromatic rings. The molecule has 0 saturated heterocycles. The zero-order valence-corrected chi connectivity index (χ0v) is 13.8. The standard InChI is InChI=1S/C12H27NO4S2/c1-12(2)13-4-5-14-6-7-15-8-9-16-10-11-17-19(3)18/h12-13H,4-11H2,1-3H3. The highest BCUT2D eigenvalue weighted by atomic mass is 32.8. The molecule has 1 unspecified atom stereocenters. The number of rotatable bonds is 14. The molecule has 0 bridgehead atoms. The fourth-order valence-electron chi connectivity index (χ4n) is 1.17. The molecule has 0 amide bonds. The van der Waals surface area contributed by atoms with Crippen molar-refractivity contribution in [3.8, 4) is 0 Å². The Balaban J connectivity index is 2.97. The Morgan fingerprint density at radius 2 is 1.37 bits per heavy atom. The van der Waals surface area contributed by atoms with Gasteiger partial charge in [-0.2, -0.15) is 0 Å². The molecule has 0 fully saturated rings. The van der Waals surface area contributed by atoms with Gasteiger partial charge in [0.2, 0.25) is 0 Å². The molecule has 0 rings (SSSR count). The van der Waals surface area contributed by atoms with Gasteiger partial charge in [-0.05, 0) is 11.2 Å². The molecule has 0 spiro atoms. The van der Waals surface area contributed by atoms with Crippen molar-refractivity contribution in [1.29, 1.82) is 0 Å². The summed E-state index contributed by atoms with van der Waals surface area (Å²) in [6.07, 6.45) is 1.86. The van der Waals surface area contributed by atoms with Crippen LogP contribution in [0.15, 0.2) is 0 Å². The van der Waals surface area contributed by atoms with Crippen LogP contribution in [-0.4, -0.2) is 65.1 Å². The Bertz CT molecular complexity index is 218. The van der Waals surface area contributed by atoms with Crippen molar-refractivity contribution >= 4 is 20.9 Å². The van der Waals surface area contributed by atoms with Gasteiger partial charge in [-0.3, -0.25) is 0 Å². The lowest BCUT2D eigenvalue weighted by atomic mass is 10.4. The first-order chi connectivity index (χ1) is 9.13. The average Bonchev–Trinajstić information content (AvgIpc) is 2.34. The molecule has 1 atom stereocenters. The molecule has 7 heteroatoms. The predicted octanol–water partition coefficient (Wildman–Crippen LogP) is 0.676. The van der Waals surface area contributed by atoms with E-state index in [9.17, 15) is 0 Å². The predicted molar refractivity (Wildman–Crippen MR) is 82.2 cm³/mol. The van der Waals surface area contributed by atoms with E-state index in [0.717, 1.165) is 13.2 Å². The summed E-state index contributed by atoms with van der Waals surface area (Å²) in [6, 6.07) is 0.505. The van der Waals surface area contributed by atoms with E-state index in [-0.39, 0.29) is 9.74 Å². The highest BCUT2D eigenvalue weighted by molar-refractivity contribution is 8.25. The van der Waals surface area contributed by atoms with Crippen molar-refractivity contribution in [3.63, 3.8) is 0 Å². The monoisotopic (exact) mass is 313 g/mol. The van der Waals surface area contributed by atoms with Gasteiger partial charge in [-0.15, -0.1) is 0 Å². The van der Waals surface area contributed by atoms with Gasteiger partial charge in [-0.1, -0.05) is 13.8 Å². The Hall–Kier alpha value is 0.370. The van der Waals surface area contributed by atoms with Crippen LogP contribution in [0.1, 0.15) is 13.8 Å². The maximum Gasteiger partial charge on any atom is 0.0850 e. The van der Waals surface area contributed by atoms with E-state index in [2.05, 4.69) is 19.2 Å². The van der Waals surface area contributed by atoms with Gasteiger partial charge in [0.25, 0.3) is 0 Å². The topological polar surface area (TPSA) is 49.0 Å². The molecule has 1 N–H and O–H groups in total. The van der Waals surface area contributed by atoms with Crippen LogP contribution >= 0.6 is 0 Å². The first kappa shape index (κ1) is 19.4. The summed E-state index contributed by atoms with van der Waals surface area (Å²) in [5.74, 6) is 0. The summed E-state index contributed by atoms with van der Waals surface area (Å²) >= 11 is 4.88. The lowest BCUT2D eigenvalue weighted by Gasteiger charge is -2.09. The summed E-state index contributed by atoms with van der Waals surface area (Å²) in [4.78, 5) is 0. The van der Waals surface area contributed by atoms with E-state index in [1.165, 1.54) is 0 Å². The molecule has 0 aliphatic rings. The molecule has 116 valence electrons.